The Bertz CT molecular complexity index is 378. The molecule has 6 heteroatoms. The fraction of sp³-hybridized carbons (Fsp3) is 0.364. The summed E-state index contributed by atoms with van der Waals surface area (Å²) in [6.45, 7) is 0.811. The lowest BCUT2D eigenvalue weighted by molar-refractivity contribution is -0.127. The Hall–Kier alpha value is -0.640. The van der Waals surface area contributed by atoms with Crippen LogP contribution in [0.3, 0.4) is 0 Å². The second-order valence-corrected chi connectivity index (χ2v) is 4.54. The van der Waals surface area contributed by atoms with Gasteiger partial charge in [-0.15, -0.1) is 11.6 Å². The summed E-state index contributed by atoms with van der Waals surface area (Å²) in [6.07, 6.45) is 0. The molecule has 1 aromatic carbocycles. The SMILES string of the molecule is CN(CCOc1cc(Cl)cc(Cl)c1)C(=O)CCl. The molecular weight excluding hydrogens is 284 g/mol. The van der Waals surface area contributed by atoms with Gasteiger partial charge >= 0.3 is 0 Å². The largest absolute Gasteiger partial charge is 0.492 e. The number of likely N-dealkylation sites (N-methyl/N-ethyl adjacent to an activating group) is 1. The summed E-state index contributed by atoms with van der Waals surface area (Å²) in [5, 5.41) is 1.02. The molecule has 0 fully saturated rings. The van der Waals surface area contributed by atoms with Crippen molar-refractivity contribution in [1.29, 1.82) is 0 Å². The van der Waals surface area contributed by atoms with Crippen LogP contribution >= 0.6 is 34.8 Å². The van der Waals surface area contributed by atoms with Crippen LogP contribution in [0, 0.1) is 0 Å². The maximum Gasteiger partial charge on any atom is 0.237 e. The monoisotopic (exact) mass is 295 g/mol. The Kier molecular flexibility index (Phi) is 5.89. The number of ether oxygens (including phenoxy) is 1. The quantitative estimate of drug-likeness (QED) is 0.782. The molecule has 0 aromatic heterocycles. The highest BCUT2D eigenvalue weighted by molar-refractivity contribution is 6.34. The van der Waals surface area contributed by atoms with E-state index in [1.165, 1.54) is 4.90 Å². The summed E-state index contributed by atoms with van der Waals surface area (Å²) in [5.74, 6) is 0.410. The van der Waals surface area contributed by atoms with Gasteiger partial charge in [0, 0.05) is 17.1 Å². The van der Waals surface area contributed by atoms with Crippen LogP contribution in [0.2, 0.25) is 10.0 Å². The number of carbonyl (C=O) groups is 1. The molecule has 3 nitrogen and oxygen atoms in total. The van der Waals surface area contributed by atoms with Crippen molar-refractivity contribution in [1.82, 2.24) is 4.90 Å². The van der Waals surface area contributed by atoms with Crippen molar-refractivity contribution in [2.45, 2.75) is 0 Å². The van der Waals surface area contributed by atoms with Gasteiger partial charge in [-0.25, -0.2) is 0 Å². The Morgan fingerprint density at radius 2 is 1.88 bits per heavy atom. The van der Waals surface area contributed by atoms with E-state index in [1.54, 1.807) is 25.2 Å². The number of amides is 1. The van der Waals surface area contributed by atoms with E-state index in [4.69, 9.17) is 39.5 Å². The Balaban J connectivity index is 2.43. The molecule has 0 unspecified atom stereocenters. The molecule has 1 amide bonds. The maximum absolute atomic E-state index is 11.2. The van der Waals surface area contributed by atoms with E-state index in [0.29, 0.717) is 28.9 Å². The molecule has 1 aromatic rings. The van der Waals surface area contributed by atoms with Crippen molar-refractivity contribution in [2.24, 2.45) is 0 Å². The second-order valence-electron chi connectivity index (χ2n) is 3.40. The first-order valence-corrected chi connectivity index (χ1v) is 6.21. The predicted molar refractivity (Wildman–Crippen MR) is 70.3 cm³/mol. The van der Waals surface area contributed by atoms with Gasteiger partial charge in [-0.05, 0) is 18.2 Å². The van der Waals surface area contributed by atoms with Crippen LogP contribution in [0.4, 0.5) is 0 Å². The minimum atomic E-state index is -0.139. The van der Waals surface area contributed by atoms with Crippen LogP contribution in [0.15, 0.2) is 18.2 Å². The lowest BCUT2D eigenvalue weighted by Crippen LogP contribution is -2.31. The predicted octanol–water partition coefficient (Wildman–Crippen LogP) is 3.07. The van der Waals surface area contributed by atoms with E-state index in [-0.39, 0.29) is 11.8 Å². The Morgan fingerprint density at radius 3 is 2.41 bits per heavy atom. The molecule has 0 saturated heterocycles. The van der Waals surface area contributed by atoms with Gasteiger partial charge in [0.2, 0.25) is 5.91 Å². The molecule has 0 aliphatic heterocycles. The summed E-state index contributed by atoms with van der Waals surface area (Å²) in [7, 11) is 1.67. The third-order valence-corrected chi connectivity index (χ3v) is 2.74. The molecule has 0 aliphatic rings. The first kappa shape index (κ1) is 14.4. The van der Waals surface area contributed by atoms with Crippen LogP contribution in [0.25, 0.3) is 0 Å². The van der Waals surface area contributed by atoms with Gasteiger partial charge in [-0.1, -0.05) is 23.2 Å². The summed E-state index contributed by atoms with van der Waals surface area (Å²) < 4.78 is 5.43. The first-order chi connectivity index (χ1) is 8.02. The average Bonchev–Trinajstić information content (AvgIpc) is 2.26. The van der Waals surface area contributed by atoms with E-state index in [0.717, 1.165) is 0 Å². The molecule has 0 radical (unpaired) electrons. The summed E-state index contributed by atoms with van der Waals surface area (Å²) in [5.41, 5.74) is 0. The van der Waals surface area contributed by atoms with Crippen molar-refractivity contribution in [3.8, 4) is 5.75 Å². The molecule has 0 saturated carbocycles. The number of halogens is 3. The highest BCUT2D eigenvalue weighted by Gasteiger charge is 2.06. The minimum Gasteiger partial charge on any atom is -0.492 e. The van der Waals surface area contributed by atoms with Crippen molar-refractivity contribution in [3.63, 3.8) is 0 Å². The zero-order valence-corrected chi connectivity index (χ0v) is 11.5. The Labute approximate surface area is 115 Å². The number of nitrogens with zero attached hydrogens (tertiary/aromatic N) is 1. The van der Waals surface area contributed by atoms with Gasteiger partial charge in [0.25, 0.3) is 0 Å². The van der Waals surface area contributed by atoms with Crippen LogP contribution in [0.5, 0.6) is 5.75 Å². The van der Waals surface area contributed by atoms with Crippen molar-refractivity contribution < 1.29 is 9.53 Å². The van der Waals surface area contributed by atoms with Crippen molar-refractivity contribution in [3.05, 3.63) is 28.2 Å². The second kappa shape index (κ2) is 6.94. The van der Waals surface area contributed by atoms with Gasteiger partial charge in [-0.2, -0.15) is 0 Å². The molecule has 0 bridgehead atoms. The maximum atomic E-state index is 11.2. The number of hydrogen-bond donors (Lipinski definition) is 0. The molecule has 17 heavy (non-hydrogen) atoms. The van der Waals surface area contributed by atoms with E-state index in [2.05, 4.69) is 0 Å². The molecule has 94 valence electrons. The van der Waals surface area contributed by atoms with E-state index < -0.39 is 0 Å². The lowest BCUT2D eigenvalue weighted by atomic mass is 10.3. The topological polar surface area (TPSA) is 29.5 Å². The fourth-order valence-electron chi connectivity index (χ4n) is 1.14. The van der Waals surface area contributed by atoms with Crippen LogP contribution in [-0.2, 0) is 4.79 Å². The molecule has 1 rings (SSSR count). The van der Waals surface area contributed by atoms with Crippen molar-refractivity contribution in [2.75, 3.05) is 26.1 Å². The van der Waals surface area contributed by atoms with Crippen LogP contribution in [0.1, 0.15) is 0 Å². The Morgan fingerprint density at radius 1 is 1.29 bits per heavy atom. The van der Waals surface area contributed by atoms with Gasteiger partial charge < -0.3 is 9.64 Å². The van der Waals surface area contributed by atoms with Gasteiger partial charge in [0.1, 0.15) is 18.2 Å². The summed E-state index contributed by atoms with van der Waals surface area (Å²) >= 11 is 17.1. The van der Waals surface area contributed by atoms with Crippen LogP contribution in [-0.4, -0.2) is 36.9 Å². The normalized spacial score (nSPS) is 10.1. The third kappa shape index (κ3) is 5.02. The summed E-state index contributed by atoms with van der Waals surface area (Å²) in [4.78, 5) is 12.7. The number of benzene rings is 1. The number of carbonyl (C=O) groups excluding carboxylic acids is 1. The molecule has 0 heterocycles. The third-order valence-electron chi connectivity index (χ3n) is 2.07. The molecule has 0 atom stereocenters. The standard InChI is InChI=1S/C11H12Cl3NO2/c1-15(11(16)7-12)2-3-17-10-5-8(13)4-9(14)6-10/h4-6H,2-3,7H2,1H3. The van der Waals surface area contributed by atoms with Gasteiger partial charge in [0.15, 0.2) is 0 Å². The highest BCUT2D eigenvalue weighted by atomic mass is 35.5. The van der Waals surface area contributed by atoms with E-state index >= 15 is 0 Å². The number of hydrogen-bond acceptors (Lipinski definition) is 2. The fourth-order valence-corrected chi connectivity index (χ4v) is 1.85. The highest BCUT2D eigenvalue weighted by Crippen LogP contribution is 2.23. The zero-order valence-electron chi connectivity index (χ0n) is 9.25. The molecule has 0 aliphatic carbocycles. The minimum absolute atomic E-state index is 0.0283. The molecule has 0 N–H and O–H groups in total. The number of rotatable bonds is 5. The lowest BCUT2D eigenvalue weighted by Gasteiger charge is -2.16. The van der Waals surface area contributed by atoms with E-state index in [9.17, 15) is 4.79 Å². The molecular formula is C11H12Cl3NO2. The molecule has 0 spiro atoms. The zero-order chi connectivity index (χ0) is 12.8. The smallest absolute Gasteiger partial charge is 0.237 e. The van der Waals surface area contributed by atoms with Crippen LogP contribution < -0.4 is 4.74 Å². The van der Waals surface area contributed by atoms with Crippen molar-refractivity contribution >= 4 is 40.7 Å². The van der Waals surface area contributed by atoms with E-state index in [1.807, 2.05) is 0 Å². The summed E-state index contributed by atoms with van der Waals surface area (Å²) in [6, 6.07) is 4.95. The van der Waals surface area contributed by atoms with Gasteiger partial charge in [0.05, 0.1) is 6.54 Å². The average molecular weight is 297 g/mol. The van der Waals surface area contributed by atoms with Gasteiger partial charge in [-0.3, -0.25) is 4.79 Å². The first-order valence-electron chi connectivity index (χ1n) is 4.91. The number of alkyl halides is 1.